The van der Waals surface area contributed by atoms with Crippen LogP contribution in [-0.2, 0) is 23.1 Å². The maximum absolute atomic E-state index is 12.8. The second kappa shape index (κ2) is 10.0. The van der Waals surface area contributed by atoms with Crippen molar-refractivity contribution in [2.45, 2.75) is 30.8 Å². The van der Waals surface area contributed by atoms with Gasteiger partial charge in [0, 0.05) is 30.8 Å². The van der Waals surface area contributed by atoms with Crippen LogP contribution in [0.15, 0.2) is 76.2 Å². The normalized spacial score (nSPS) is 14.2. The first-order valence-corrected chi connectivity index (χ1v) is 12.2. The van der Waals surface area contributed by atoms with Gasteiger partial charge in [-0.3, -0.25) is 9.59 Å². The van der Waals surface area contributed by atoms with Crippen molar-refractivity contribution < 1.29 is 22.4 Å². The molecule has 0 spiro atoms. The van der Waals surface area contributed by atoms with Gasteiger partial charge in [0.2, 0.25) is 10.0 Å². The molecule has 3 aromatic rings. The first kappa shape index (κ1) is 22.8. The van der Waals surface area contributed by atoms with Gasteiger partial charge >= 0.3 is 0 Å². The van der Waals surface area contributed by atoms with Crippen molar-refractivity contribution in [3.05, 3.63) is 89.4 Å². The molecule has 0 saturated carbocycles. The Morgan fingerprint density at radius 3 is 2.21 bits per heavy atom. The fourth-order valence-electron chi connectivity index (χ4n) is 3.66. The topological polar surface area (TPSA) is 109 Å². The second-order valence-corrected chi connectivity index (χ2v) is 9.72. The molecular weight excluding hydrogens is 442 g/mol. The summed E-state index contributed by atoms with van der Waals surface area (Å²) in [5.41, 5.74) is 1.48. The average molecular weight is 468 g/mol. The molecule has 172 valence electrons. The third-order valence-electron chi connectivity index (χ3n) is 5.44. The Hall–Kier alpha value is -3.43. The van der Waals surface area contributed by atoms with Crippen molar-refractivity contribution >= 4 is 21.8 Å². The molecule has 1 saturated heterocycles. The maximum atomic E-state index is 12.8. The van der Waals surface area contributed by atoms with Gasteiger partial charge in [0.15, 0.2) is 0 Å². The number of sulfonamides is 1. The fourth-order valence-corrected chi connectivity index (χ4v) is 5.23. The molecule has 9 heteroatoms. The van der Waals surface area contributed by atoms with Crippen LogP contribution in [-0.4, -0.2) is 37.6 Å². The number of nitrogens with zero attached hydrogens (tertiary/aromatic N) is 1. The summed E-state index contributed by atoms with van der Waals surface area (Å²) < 4.78 is 32.2. The van der Waals surface area contributed by atoms with Crippen molar-refractivity contribution in [3.8, 4) is 0 Å². The summed E-state index contributed by atoms with van der Waals surface area (Å²) in [6, 6.07) is 16.5. The zero-order valence-electron chi connectivity index (χ0n) is 18.0. The molecule has 33 heavy (non-hydrogen) atoms. The third-order valence-corrected chi connectivity index (χ3v) is 7.34. The van der Waals surface area contributed by atoms with Crippen LogP contribution >= 0.6 is 0 Å². The number of hydrogen-bond donors (Lipinski definition) is 2. The van der Waals surface area contributed by atoms with Crippen LogP contribution in [0.5, 0.6) is 0 Å². The van der Waals surface area contributed by atoms with Crippen LogP contribution in [0, 0.1) is 0 Å². The van der Waals surface area contributed by atoms with Crippen molar-refractivity contribution in [1.29, 1.82) is 0 Å². The summed E-state index contributed by atoms with van der Waals surface area (Å²) in [6.45, 7) is 1.49. The summed E-state index contributed by atoms with van der Waals surface area (Å²) in [4.78, 5) is 25.2. The Morgan fingerprint density at radius 2 is 1.52 bits per heavy atom. The van der Waals surface area contributed by atoms with E-state index in [0.717, 1.165) is 18.4 Å². The van der Waals surface area contributed by atoms with Gasteiger partial charge in [-0.1, -0.05) is 18.2 Å². The Morgan fingerprint density at radius 1 is 0.848 bits per heavy atom. The summed E-state index contributed by atoms with van der Waals surface area (Å²) >= 11 is 0. The molecular formula is C24H25N3O5S. The van der Waals surface area contributed by atoms with E-state index < -0.39 is 10.0 Å². The van der Waals surface area contributed by atoms with Crippen molar-refractivity contribution in [3.63, 3.8) is 0 Å². The summed E-state index contributed by atoms with van der Waals surface area (Å²) in [7, 11) is -3.60. The molecule has 0 aliphatic carbocycles. The van der Waals surface area contributed by atoms with Gasteiger partial charge in [0.1, 0.15) is 5.76 Å². The zero-order chi connectivity index (χ0) is 23.3. The van der Waals surface area contributed by atoms with E-state index in [9.17, 15) is 18.0 Å². The quantitative estimate of drug-likeness (QED) is 0.530. The molecule has 2 aromatic carbocycles. The zero-order valence-corrected chi connectivity index (χ0v) is 18.8. The van der Waals surface area contributed by atoms with Gasteiger partial charge in [-0.05, 0) is 60.9 Å². The highest BCUT2D eigenvalue weighted by molar-refractivity contribution is 7.89. The highest BCUT2D eigenvalue weighted by Crippen LogP contribution is 2.21. The predicted molar refractivity (Wildman–Crippen MR) is 122 cm³/mol. The standard InChI is InChI=1S/C24H25N3O5S/c28-23(26-17-21-9-5-13-32-21)19-7-3-6-18(14-19)16-25-24(29)20-8-4-10-22(15-20)33(30,31)27-11-1-2-12-27/h3-10,13-15H,1-2,11-12,16-17H2,(H,25,29)(H,26,28). The Kier molecular flexibility index (Phi) is 6.90. The van der Waals surface area contributed by atoms with E-state index in [4.69, 9.17) is 4.42 Å². The molecule has 1 fully saturated rings. The minimum Gasteiger partial charge on any atom is -0.467 e. The number of furan rings is 1. The fraction of sp³-hybridized carbons (Fsp3) is 0.250. The van der Waals surface area contributed by atoms with Crippen molar-refractivity contribution in [2.75, 3.05) is 13.1 Å². The molecule has 8 nitrogen and oxygen atoms in total. The predicted octanol–water partition coefficient (Wildman–Crippen LogP) is 2.92. The lowest BCUT2D eigenvalue weighted by atomic mass is 10.1. The molecule has 1 aliphatic heterocycles. The number of benzene rings is 2. The smallest absolute Gasteiger partial charge is 0.251 e. The van der Waals surface area contributed by atoms with Gasteiger partial charge in [0.05, 0.1) is 17.7 Å². The molecule has 2 heterocycles. The average Bonchev–Trinajstić information content (AvgIpc) is 3.56. The highest BCUT2D eigenvalue weighted by atomic mass is 32.2. The lowest BCUT2D eigenvalue weighted by molar-refractivity contribution is 0.0943. The number of rotatable bonds is 8. The molecule has 4 rings (SSSR count). The summed E-state index contributed by atoms with van der Waals surface area (Å²) in [6.07, 6.45) is 3.24. The Balaban J connectivity index is 1.38. The first-order chi connectivity index (χ1) is 15.9. The second-order valence-electron chi connectivity index (χ2n) is 7.78. The largest absolute Gasteiger partial charge is 0.467 e. The third kappa shape index (κ3) is 5.50. The summed E-state index contributed by atoms with van der Waals surface area (Å²) in [5.74, 6) is 0.0151. The van der Waals surface area contributed by atoms with E-state index in [1.807, 2.05) is 0 Å². The molecule has 1 aliphatic rings. The number of hydrogen-bond acceptors (Lipinski definition) is 5. The van der Waals surface area contributed by atoms with Crippen LogP contribution in [0.4, 0.5) is 0 Å². The van der Waals surface area contributed by atoms with Crippen LogP contribution in [0.1, 0.15) is 44.9 Å². The van der Waals surface area contributed by atoms with Gasteiger partial charge in [-0.25, -0.2) is 8.42 Å². The molecule has 0 atom stereocenters. The SMILES string of the molecule is O=C(NCc1cccc(C(=O)NCc2ccco2)c1)c1cccc(S(=O)(=O)N2CCCC2)c1. The molecule has 0 radical (unpaired) electrons. The molecule has 2 amide bonds. The molecule has 1 aromatic heterocycles. The van der Waals surface area contributed by atoms with Gasteiger partial charge in [0.25, 0.3) is 11.8 Å². The Bertz CT molecular complexity index is 1230. The lowest BCUT2D eigenvalue weighted by Gasteiger charge is -2.16. The van der Waals surface area contributed by atoms with E-state index in [0.29, 0.717) is 24.4 Å². The highest BCUT2D eigenvalue weighted by Gasteiger charge is 2.27. The Labute approximate surface area is 192 Å². The van der Waals surface area contributed by atoms with E-state index in [1.165, 1.54) is 16.4 Å². The molecule has 0 bridgehead atoms. The molecule has 0 unspecified atom stereocenters. The van der Waals surface area contributed by atoms with E-state index >= 15 is 0 Å². The molecule has 2 N–H and O–H groups in total. The number of carbonyl (C=O) groups excluding carboxylic acids is 2. The van der Waals surface area contributed by atoms with Crippen LogP contribution in [0.3, 0.4) is 0 Å². The summed E-state index contributed by atoms with van der Waals surface area (Å²) in [5, 5.41) is 5.57. The number of amides is 2. The van der Waals surface area contributed by atoms with Crippen LogP contribution < -0.4 is 10.6 Å². The van der Waals surface area contributed by atoms with Crippen molar-refractivity contribution in [1.82, 2.24) is 14.9 Å². The minimum atomic E-state index is -3.60. The van der Waals surface area contributed by atoms with Crippen LogP contribution in [0.25, 0.3) is 0 Å². The van der Waals surface area contributed by atoms with Crippen molar-refractivity contribution in [2.24, 2.45) is 0 Å². The monoisotopic (exact) mass is 467 g/mol. The van der Waals surface area contributed by atoms with E-state index in [1.54, 1.807) is 54.8 Å². The van der Waals surface area contributed by atoms with Gasteiger partial charge in [-0.2, -0.15) is 4.31 Å². The van der Waals surface area contributed by atoms with Gasteiger partial charge in [-0.15, -0.1) is 0 Å². The first-order valence-electron chi connectivity index (χ1n) is 10.7. The number of carbonyl (C=O) groups is 2. The van der Waals surface area contributed by atoms with E-state index in [2.05, 4.69) is 10.6 Å². The number of nitrogens with one attached hydrogen (secondary N) is 2. The van der Waals surface area contributed by atoms with Gasteiger partial charge < -0.3 is 15.1 Å². The lowest BCUT2D eigenvalue weighted by Crippen LogP contribution is -2.28. The van der Waals surface area contributed by atoms with E-state index in [-0.39, 0.29) is 35.4 Å². The van der Waals surface area contributed by atoms with Crippen LogP contribution in [0.2, 0.25) is 0 Å². The minimum absolute atomic E-state index is 0.118. The maximum Gasteiger partial charge on any atom is 0.251 e.